The molecule has 1 unspecified atom stereocenters. The number of nitrogens with zero attached hydrogens (tertiary/aromatic N) is 2. The van der Waals surface area contributed by atoms with Gasteiger partial charge in [-0.05, 0) is 31.5 Å². The highest BCUT2D eigenvalue weighted by Gasteiger charge is 2.19. The first-order valence-electron chi connectivity index (χ1n) is 7.21. The van der Waals surface area contributed by atoms with Gasteiger partial charge in [0.2, 0.25) is 0 Å². The van der Waals surface area contributed by atoms with E-state index < -0.39 is 17.3 Å². The van der Waals surface area contributed by atoms with Crippen molar-refractivity contribution in [3.8, 4) is 5.75 Å². The molecule has 1 atom stereocenters. The monoisotopic (exact) mass is 381 g/mol. The predicted octanol–water partition coefficient (Wildman–Crippen LogP) is 4.54. The summed E-state index contributed by atoms with van der Waals surface area (Å²) in [6.45, 7) is 3.31. The van der Waals surface area contributed by atoms with E-state index >= 15 is 0 Å². The van der Waals surface area contributed by atoms with E-state index in [9.17, 15) is 14.3 Å². The molecular weight excluding hydrogens is 369 g/mol. The van der Waals surface area contributed by atoms with E-state index in [1.165, 1.54) is 24.5 Å². The average Bonchev–Trinajstić information content (AvgIpc) is 2.88. The van der Waals surface area contributed by atoms with Crippen LogP contribution in [-0.4, -0.2) is 26.6 Å². The second-order valence-corrected chi connectivity index (χ2v) is 6.80. The molecule has 3 aromatic rings. The van der Waals surface area contributed by atoms with Crippen molar-refractivity contribution in [1.29, 1.82) is 0 Å². The van der Waals surface area contributed by atoms with Gasteiger partial charge < -0.3 is 15.2 Å². The molecule has 25 heavy (non-hydrogen) atoms. The van der Waals surface area contributed by atoms with Crippen LogP contribution in [0.2, 0.25) is 0 Å². The fraction of sp³-hybridized carbons (Fsp3) is 0.188. The van der Waals surface area contributed by atoms with E-state index in [1.807, 2.05) is 0 Å². The number of aromatic nitrogens is 2. The van der Waals surface area contributed by atoms with Gasteiger partial charge in [-0.2, -0.15) is 0 Å². The van der Waals surface area contributed by atoms with Crippen molar-refractivity contribution >= 4 is 50.6 Å². The van der Waals surface area contributed by atoms with E-state index in [0.29, 0.717) is 27.3 Å². The minimum atomic E-state index is -1.02. The number of alkyl halides is 1. The molecule has 9 heteroatoms. The number of aryl methyl sites for hydroxylation is 1. The van der Waals surface area contributed by atoms with Crippen molar-refractivity contribution in [2.24, 2.45) is 0 Å². The van der Waals surface area contributed by atoms with E-state index in [2.05, 4.69) is 15.3 Å². The summed E-state index contributed by atoms with van der Waals surface area (Å²) in [5.41, 5.74) is 0.358. The molecule has 1 aromatic carbocycles. The van der Waals surface area contributed by atoms with Gasteiger partial charge in [0.1, 0.15) is 33.4 Å². The number of hydrogen-bond acceptors (Lipinski definition) is 6. The molecule has 0 aliphatic rings. The molecule has 0 saturated heterocycles. The third-order valence-corrected chi connectivity index (χ3v) is 4.68. The maximum Gasteiger partial charge on any atom is 0.346 e. The van der Waals surface area contributed by atoms with Crippen molar-refractivity contribution in [2.75, 3.05) is 5.32 Å². The van der Waals surface area contributed by atoms with Crippen molar-refractivity contribution in [2.45, 2.75) is 19.4 Å². The SMILES string of the molecule is Cc1c(C(=O)O)sc2ncnc(Nc3ccc(F)cc3OC(C)Cl)c12. The smallest absolute Gasteiger partial charge is 0.346 e. The van der Waals surface area contributed by atoms with Crippen LogP contribution >= 0.6 is 22.9 Å². The summed E-state index contributed by atoms with van der Waals surface area (Å²) in [7, 11) is 0. The second kappa shape index (κ2) is 6.81. The van der Waals surface area contributed by atoms with Gasteiger partial charge in [-0.25, -0.2) is 19.2 Å². The zero-order chi connectivity index (χ0) is 18.1. The Morgan fingerprint density at radius 1 is 1.44 bits per heavy atom. The van der Waals surface area contributed by atoms with Gasteiger partial charge in [0.15, 0.2) is 5.56 Å². The molecule has 0 aliphatic heterocycles. The van der Waals surface area contributed by atoms with Crippen LogP contribution in [0.5, 0.6) is 5.75 Å². The number of rotatable bonds is 5. The number of carboxylic acids is 1. The molecule has 0 aliphatic carbocycles. The number of nitrogens with one attached hydrogen (secondary N) is 1. The van der Waals surface area contributed by atoms with Gasteiger partial charge in [-0.1, -0.05) is 11.6 Å². The Balaban J connectivity index is 2.08. The highest BCUT2D eigenvalue weighted by Crippen LogP contribution is 2.36. The minimum Gasteiger partial charge on any atom is -0.477 e. The van der Waals surface area contributed by atoms with Crippen LogP contribution in [0.3, 0.4) is 0 Å². The van der Waals surface area contributed by atoms with E-state index in [-0.39, 0.29) is 10.6 Å². The Labute approximate surface area is 151 Å². The van der Waals surface area contributed by atoms with Crippen LogP contribution in [0.15, 0.2) is 24.5 Å². The van der Waals surface area contributed by atoms with Crippen LogP contribution in [-0.2, 0) is 0 Å². The van der Waals surface area contributed by atoms with Crippen LogP contribution in [0, 0.1) is 12.7 Å². The maximum absolute atomic E-state index is 13.5. The Bertz CT molecular complexity index is 961. The van der Waals surface area contributed by atoms with Crippen molar-refractivity contribution < 1.29 is 19.0 Å². The lowest BCUT2D eigenvalue weighted by Gasteiger charge is -2.14. The summed E-state index contributed by atoms with van der Waals surface area (Å²) in [6.07, 6.45) is 1.33. The van der Waals surface area contributed by atoms with E-state index in [0.717, 1.165) is 11.3 Å². The fourth-order valence-electron chi connectivity index (χ4n) is 2.37. The third kappa shape index (κ3) is 3.49. The zero-order valence-electron chi connectivity index (χ0n) is 13.2. The minimum absolute atomic E-state index is 0.198. The summed E-state index contributed by atoms with van der Waals surface area (Å²) in [5.74, 6) is -0.857. The number of carbonyl (C=O) groups is 1. The van der Waals surface area contributed by atoms with Gasteiger partial charge in [0.05, 0.1) is 11.1 Å². The summed E-state index contributed by atoms with van der Waals surface area (Å²) < 4.78 is 18.9. The van der Waals surface area contributed by atoms with Crippen LogP contribution < -0.4 is 10.1 Å². The number of ether oxygens (including phenoxy) is 1. The first-order valence-corrected chi connectivity index (χ1v) is 8.46. The van der Waals surface area contributed by atoms with Gasteiger partial charge in [-0.3, -0.25) is 0 Å². The number of carboxylic acid groups (broad SMARTS) is 1. The molecule has 0 bridgehead atoms. The number of anilines is 2. The second-order valence-electron chi connectivity index (χ2n) is 5.19. The third-order valence-electron chi connectivity index (χ3n) is 3.41. The topological polar surface area (TPSA) is 84.3 Å². The Kier molecular flexibility index (Phi) is 4.73. The largest absolute Gasteiger partial charge is 0.477 e. The number of thiophene rings is 1. The number of halogens is 2. The summed E-state index contributed by atoms with van der Waals surface area (Å²) in [6, 6.07) is 3.98. The number of benzene rings is 1. The highest BCUT2D eigenvalue weighted by molar-refractivity contribution is 7.20. The molecule has 0 amide bonds. The van der Waals surface area contributed by atoms with E-state index in [1.54, 1.807) is 13.8 Å². The first-order chi connectivity index (χ1) is 11.9. The Morgan fingerprint density at radius 2 is 2.20 bits per heavy atom. The molecule has 0 spiro atoms. The Morgan fingerprint density at radius 3 is 2.88 bits per heavy atom. The molecule has 3 rings (SSSR count). The molecule has 0 radical (unpaired) electrons. The number of fused-ring (bicyclic) bond motifs is 1. The standard InChI is InChI=1S/C16H13ClFN3O3S/c1-7-12-14(19-6-20-15(12)25-13(7)16(22)23)21-10-4-3-9(18)5-11(10)24-8(2)17/h3-6,8H,1-2H3,(H,22,23)(H,19,20,21). The summed E-state index contributed by atoms with van der Waals surface area (Å²) in [4.78, 5) is 20.4. The van der Waals surface area contributed by atoms with Gasteiger partial charge >= 0.3 is 5.97 Å². The molecular formula is C16H13ClFN3O3S. The van der Waals surface area contributed by atoms with Gasteiger partial charge in [0.25, 0.3) is 0 Å². The molecule has 0 saturated carbocycles. The summed E-state index contributed by atoms with van der Waals surface area (Å²) in [5, 5.41) is 12.9. The van der Waals surface area contributed by atoms with Crippen LogP contribution in [0.4, 0.5) is 15.9 Å². The fourth-order valence-corrected chi connectivity index (χ4v) is 3.45. The van der Waals surface area contributed by atoms with Gasteiger partial charge in [0, 0.05) is 6.07 Å². The molecule has 130 valence electrons. The van der Waals surface area contributed by atoms with Crippen LogP contribution in [0.25, 0.3) is 10.2 Å². The highest BCUT2D eigenvalue weighted by atomic mass is 35.5. The van der Waals surface area contributed by atoms with Crippen molar-refractivity contribution in [1.82, 2.24) is 9.97 Å². The molecule has 2 N–H and O–H groups in total. The number of aromatic carboxylic acids is 1. The summed E-state index contributed by atoms with van der Waals surface area (Å²) >= 11 is 6.91. The molecule has 2 heterocycles. The first kappa shape index (κ1) is 17.4. The van der Waals surface area contributed by atoms with Gasteiger partial charge in [-0.15, -0.1) is 11.3 Å². The average molecular weight is 382 g/mol. The van der Waals surface area contributed by atoms with Crippen molar-refractivity contribution in [3.05, 3.63) is 40.8 Å². The van der Waals surface area contributed by atoms with E-state index in [4.69, 9.17) is 16.3 Å². The zero-order valence-corrected chi connectivity index (χ0v) is 14.8. The number of hydrogen-bond donors (Lipinski definition) is 2. The lowest BCUT2D eigenvalue weighted by Crippen LogP contribution is -2.06. The van der Waals surface area contributed by atoms with Crippen LogP contribution in [0.1, 0.15) is 22.2 Å². The lowest BCUT2D eigenvalue weighted by molar-refractivity contribution is 0.0701. The Hall–Kier alpha value is -2.45. The molecule has 2 aromatic heterocycles. The molecule has 6 nitrogen and oxygen atoms in total. The maximum atomic E-state index is 13.5. The quantitative estimate of drug-likeness (QED) is 0.631. The normalized spacial score (nSPS) is 12.2. The molecule has 0 fully saturated rings. The predicted molar refractivity (Wildman–Crippen MR) is 94.7 cm³/mol. The van der Waals surface area contributed by atoms with Crippen molar-refractivity contribution in [3.63, 3.8) is 0 Å². The lowest BCUT2D eigenvalue weighted by atomic mass is 10.2.